The smallest absolute Gasteiger partial charge is 0.291 e. The van der Waals surface area contributed by atoms with E-state index in [4.69, 9.17) is 11.6 Å². The van der Waals surface area contributed by atoms with Gasteiger partial charge in [-0.1, -0.05) is 41.6 Å². The van der Waals surface area contributed by atoms with Gasteiger partial charge in [0.25, 0.3) is 6.17 Å². The number of para-hydroxylation sites is 1. The first-order valence-electron chi connectivity index (χ1n) is 8.37. The van der Waals surface area contributed by atoms with Crippen molar-refractivity contribution in [3.63, 3.8) is 0 Å². The molecule has 0 bridgehead atoms. The van der Waals surface area contributed by atoms with Crippen LogP contribution in [0.15, 0.2) is 52.4 Å². The van der Waals surface area contributed by atoms with Gasteiger partial charge in [0.15, 0.2) is 0 Å². The number of hydrogen-bond acceptors (Lipinski definition) is 4. The molecule has 1 N–H and O–H groups in total. The molecule has 1 aromatic heterocycles. The molecule has 2 aromatic carbocycles. The standard InChI is InChI=1S/C19H14ClFN4O2S/c1-10(26)24-14-9-4-3-6-11(14)16-17(27)22-19(28-2)23-25(16)18(24)15-12(20)7-5-8-13(15)21/h3-9,18H,1-2H3/p+1/t18-/m0/s1. The molecule has 0 aliphatic carbocycles. The predicted octanol–water partition coefficient (Wildman–Crippen LogP) is 3.15. The third kappa shape index (κ3) is 2.80. The van der Waals surface area contributed by atoms with E-state index in [2.05, 4.69) is 10.1 Å². The molecule has 142 valence electrons. The summed E-state index contributed by atoms with van der Waals surface area (Å²) in [6.45, 7) is 1.38. The Bertz CT molecular complexity index is 1150. The van der Waals surface area contributed by atoms with Crippen LogP contribution in [-0.2, 0) is 4.79 Å². The van der Waals surface area contributed by atoms with Crippen LogP contribution >= 0.6 is 23.4 Å². The van der Waals surface area contributed by atoms with Crippen molar-refractivity contribution in [1.29, 1.82) is 0 Å². The molecule has 4 rings (SSSR count). The zero-order valence-electron chi connectivity index (χ0n) is 14.9. The first kappa shape index (κ1) is 18.6. The minimum atomic E-state index is -1.04. The van der Waals surface area contributed by atoms with E-state index in [1.54, 1.807) is 36.6 Å². The first-order valence-corrected chi connectivity index (χ1v) is 9.97. The monoisotopic (exact) mass is 417 g/mol. The number of carbonyl (C=O) groups excluding carboxylic acids is 1. The fourth-order valence-electron chi connectivity index (χ4n) is 3.42. The third-order valence-electron chi connectivity index (χ3n) is 4.55. The van der Waals surface area contributed by atoms with Crippen LogP contribution in [0.4, 0.5) is 10.1 Å². The third-order valence-corrected chi connectivity index (χ3v) is 5.45. The van der Waals surface area contributed by atoms with Gasteiger partial charge < -0.3 is 0 Å². The molecule has 1 amide bonds. The van der Waals surface area contributed by atoms with E-state index in [0.717, 1.165) is 0 Å². The number of rotatable bonds is 2. The SMILES string of the molecule is CSc1n[n+]2c(c(=O)[nH]1)-c1ccccc1N(C(C)=O)[C@@H]2c1c(F)cccc1Cl. The number of hydrogen-bond donors (Lipinski definition) is 1. The van der Waals surface area contributed by atoms with Gasteiger partial charge in [0.05, 0.1) is 21.8 Å². The van der Waals surface area contributed by atoms with Gasteiger partial charge in [0, 0.05) is 12.0 Å². The lowest BCUT2D eigenvalue weighted by Gasteiger charge is -2.31. The summed E-state index contributed by atoms with van der Waals surface area (Å²) in [6, 6.07) is 11.3. The predicted molar refractivity (Wildman–Crippen MR) is 105 cm³/mol. The van der Waals surface area contributed by atoms with Crippen molar-refractivity contribution in [3.8, 4) is 11.3 Å². The maximum absolute atomic E-state index is 14.9. The van der Waals surface area contributed by atoms with Crippen LogP contribution in [0, 0.1) is 5.82 Å². The maximum atomic E-state index is 14.9. The molecule has 1 aliphatic heterocycles. The first-order chi connectivity index (χ1) is 13.4. The molecule has 3 aromatic rings. The van der Waals surface area contributed by atoms with Crippen molar-refractivity contribution >= 4 is 35.0 Å². The average Bonchev–Trinajstić information content (AvgIpc) is 2.67. The van der Waals surface area contributed by atoms with E-state index in [0.29, 0.717) is 16.4 Å². The lowest BCUT2D eigenvalue weighted by Crippen LogP contribution is -2.60. The fourth-order valence-corrected chi connectivity index (χ4v) is 4.05. The minimum Gasteiger partial charge on any atom is -0.291 e. The van der Waals surface area contributed by atoms with Crippen LogP contribution < -0.4 is 15.1 Å². The van der Waals surface area contributed by atoms with Crippen LogP contribution in [0.2, 0.25) is 5.02 Å². The summed E-state index contributed by atoms with van der Waals surface area (Å²) in [5, 5.41) is 4.95. The normalized spacial score (nSPS) is 15.1. The second-order valence-corrected chi connectivity index (χ2v) is 7.37. The summed E-state index contributed by atoms with van der Waals surface area (Å²) in [7, 11) is 0. The average molecular weight is 418 g/mol. The second-order valence-electron chi connectivity index (χ2n) is 6.17. The highest BCUT2D eigenvalue weighted by molar-refractivity contribution is 7.98. The number of fused-ring (bicyclic) bond motifs is 3. The molecule has 28 heavy (non-hydrogen) atoms. The van der Waals surface area contributed by atoms with Crippen LogP contribution in [0.5, 0.6) is 0 Å². The lowest BCUT2D eigenvalue weighted by molar-refractivity contribution is -0.763. The van der Waals surface area contributed by atoms with E-state index in [1.165, 1.54) is 40.4 Å². The van der Waals surface area contributed by atoms with Crippen molar-refractivity contribution in [1.82, 2.24) is 10.1 Å². The Kier molecular flexibility index (Phi) is 4.68. The van der Waals surface area contributed by atoms with Gasteiger partial charge in [-0.15, -0.1) is 0 Å². The number of nitrogens with zero attached hydrogens (tertiary/aromatic N) is 3. The van der Waals surface area contributed by atoms with Crippen LogP contribution in [0.3, 0.4) is 0 Å². The highest BCUT2D eigenvalue weighted by atomic mass is 35.5. The number of nitrogens with one attached hydrogen (secondary N) is 1. The summed E-state index contributed by atoms with van der Waals surface area (Å²) < 4.78 is 16.2. The molecular weight excluding hydrogens is 403 g/mol. The summed E-state index contributed by atoms with van der Waals surface area (Å²) in [4.78, 5) is 29.6. The molecule has 1 atom stereocenters. The van der Waals surface area contributed by atoms with Crippen molar-refractivity contribution in [2.24, 2.45) is 0 Å². The zero-order chi connectivity index (χ0) is 20.0. The van der Waals surface area contributed by atoms with Gasteiger partial charge in [-0.3, -0.25) is 14.6 Å². The Morgan fingerprint density at radius 2 is 2.04 bits per heavy atom. The topological polar surface area (TPSA) is 69.9 Å². The Morgan fingerprint density at radius 3 is 2.71 bits per heavy atom. The van der Waals surface area contributed by atoms with E-state index in [9.17, 15) is 14.0 Å². The van der Waals surface area contributed by atoms with Crippen LogP contribution in [0.25, 0.3) is 11.3 Å². The van der Waals surface area contributed by atoms with Gasteiger partial charge >= 0.3 is 11.3 Å². The van der Waals surface area contributed by atoms with Gasteiger partial charge in [0.1, 0.15) is 5.82 Å². The van der Waals surface area contributed by atoms with Crippen LogP contribution in [0.1, 0.15) is 18.7 Å². The Balaban J connectivity index is 2.15. The number of aromatic amines is 1. The van der Waals surface area contributed by atoms with Crippen molar-refractivity contribution in [2.45, 2.75) is 18.2 Å². The highest BCUT2D eigenvalue weighted by Crippen LogP contribution is 2.39. The van der Waals surface area contributed by atoms with Gasteiger partial charge in [-0.05, 0) is 35.2 Å². The van der Waals surface area contributed by atoms with Gasteiger partial charge in [-0.25, -0.2) is 9.29 Å². The summed E-state index contributed by atoms with van der Waals surface area (Å²) in [6.07, 6.45) is 0.722. The Hall–Kier alpha value is -2.71. The Labute approximate surface area is 169 Å². The number of benzene rings is 2. The number of halogens is 2. The molecule has 0 fully saturated rings. The molecule has 0 saturated carbocycles. The van der Waals surface area contributed by atoms with E-state index >= 15 is 0 Å². The summed E-state index contributed by atoms with van der Waals surface area (Å²) in [5.41, 5.74) is 0.944. The van der Waals surface area contributed by atoms with E-state index < -0.39 is 12.0 Å². The summed E-state index contributed by atoms with van der Waals surface area (Å²) in [5.74, 6) is -0.919. The lowest BCUT2D eigenvalue weighted by atomic mass is 10.0. The minimum absolute atomic E-state index is 0.0743. The van der Waals surface area contributed by atoms with E-state index in [-0.39, 0.29) is 27.7 Å². The zero-order valence-corrected chi connectivity index (χ0v) is 16.5. The fraction of sp³-hybridized carbons (Fsp3) is 0.158. The molecular formula is C19H15ClFN4O2S+. The van der Waals surface area contributed by atoms with Crippen LogP contribution in [-0.4, -0.2) is 22.2 Å². The quantitative estimate of drug-likeness (QED) is 0.513. The molecule has 6 nitrogen and oxygen atoms in total. The number of amides is 1. The highest BCUT2D eigenvalue weighted by Gasteiger charge is 2.46. The van der Waals surface area contributed by atoms with Crippen molar-refractivity contribution in [2.75, 3.05) is 11.2 Å². The number of thioether (sulfide) groups is 1. The largest absolute Gasteiger partial charge is 0.325 e. The second kappa shape index (κ2) is 7.03. The van der Waals surface area contributed by atoms with Crippen molar-refractivity contribution in [3.05, 3.63) is 69.2 Å². The van der Waals surface area contributed by atoms with E-state index in [1.807, 2.05) is 0 Å². The molecule has 0 unspecified atom stereocenters. The number of carbonyl (C=O) groups is 1. The van der Waals surface area contributed by atoms with Gasteiger partial charge in [0.2, 0.25) is 11.1 Å². The maximum Gasteiger partial charge on any atom is 0.325 e. The van der Waals surface area contributed by atoms with Crippen molar-refractivity contribution < 1.29 is 13.9 Å². The number of aromatic nitrogens is 3. The molecule has 2 heterocycles. The summed E-state index contributed by atoms with van der Waals surface area (Å²) >= 11 is 7.56. The molecule has 1 aliphatic rings. The number of anilines is 1. The number of H-pyrrole nitrogens is 1. The molecule has 9 heteroatoms. The molecule has 0 radical (unpaired) electrons. The molecule has 0 spiro atoms. The molecule has 0 saturated heterocycles. The Morgan fingerprint density at radius 1 is 1.29 bits per heavy atom. The van der Waals surface area contributed by atoms with Gasteiger partial charge in [-0.2, -0.15) is 0 Å².